The van der Waals surface area contributed by atoms with E-state index in [0.29, 0.717) is 28.1 Å². The normalized spacial score (nSPS) is 11.8. The first-order valence-electron chi connectivity index (χ1n) is 10.5. The second-order valence-electron chi connectivity index (χ2n) is 7.73. The Bertz CT molecular complexity index is 1590. The Morgan fingerprint density at radius 2 is 1.91 bits per heavy atom. The van der Waals surface area contributed by atoms with Gasteiger partial charge in [-0.3, -0.25) is 18.6 Å². The molecule has 4 heterocycles. The average molecular weight is 483 g/mol. The summed E-state index contributed by atoms with van der Waals surface area (Å²) in [4.78, 5) is 38.3. The third kappa shape index (κ3) is 3.58. The van der Waals surface area contributed by atoms with E-state index in [0.717, 1.165) is 43.7 Å². The second-order valence-corrected chi connectivity index (χ2v) is 10.9. The summed E-state index contributed by atoms with van der Waals surface area (Å²) >= 11 is 4.54. The number of hydrogen-bond acceptors (Lipinski definition) is 7. The van der Waals surface area contributed by atoms with Crippen LogP contribution in [0.2, 0.25) is 0 Å². The zero-order valence-corrected chi connectivity index (χ0v) is 20.5. The smallest absolute Gasteiger partial charge is 0.263 e. The number of unbranched alkanes of at least 4 members (excludes halogenated alkanes) is 1. The third-order valence-corrected chi connectivity index (χ3v) is 8.72. The van der Waals surface area contributed by atoms with Gasteiger partial charge in [-0.1, -0.05) is 48.6 Å². The van der Waals surface area contributed by atoms with Gasteiger partial charge in [0.05, 0.1) is 21.3 Å². The van der Waals surface area contributed by atoms with Gasteiger partial charge in [-0.05, 0) is 38.0 Å². The highest BCUT2D eigenvalue weighted by molar-refractivity contribution is 7.98. The SMILES string of the molecule is CCCCn1c(SCc2cc(=O)n3c(n2)sc2ccccc23)nc2sc(C)c(C)c2c1=O. The van der Waals surface area contributed by atoms with Crippen molar-refractivity contribution >= 4 is 59.8 Å². The van der Waals surface area contributed by atoms with Gasteiger partial charge in [-0.2, -0.15) is 0 Å². The summed E-state index contributed by atoms with van der Waals surface area (Å²) in [6, 6.07) is 9.42. The maximum Gasteiger partial charge on any atom is 0.263 e. The number of para-hydroxylation sites is 1. The van der Waals surface area contributed by atoms with Gasteiger partial charge in [-0.15, -0.1) is 11.3 Å². The van der Waals surface area contributed by atoms with Crippen molar-refractivity contribution in [3.63, 3.8) is 0 Å². The van der Waals surface area contributed by atoms with Crippen molar-refractivity contribution < 1.29 is 0 Å². The Hall–Kier alpha value is -2.49. The summed E-state index contributed by atoms with van der Waals surface area (Å²) < 4.78 is 4.48. The number of aromatic nitrogens is 4. The molecule has 0 saturated carbocycles. The van der Waals surface area contributed by atoms with E-state index in [1.54, 1.807) is 26.4 Å². The highest BCUT2D eigenvalue weighted by Gasteiger charge is 2.17. The fourth-order valence-electron chi connectivity index (χ4n) is 3.77. The molecule has 0 radical (unpaired) electrons. The predicted molar refractivity (Wildman–Crippen MR) is 135 cm³/mol. The minimum absolute atomic E-state index is 0.0285. The molecule has 0 N–H and O–H groups in total. The summed E-state index contributed by atoms with van der Waals surface area (Å²) in [6.45, 7) is 6.77. The minimum Gasteiger partial charge on any atom is -0.287 e. The maximum atomic E-state index is 13.3. The number of aryl methyl sites for hydroxylation is 2. The van der Waals surface area contributed by atoms with E-state index in [1.807, 2.05) is 38.1 Å². The summed E-state index contributed by atoms with van der Waals surface area (Å²) in [6.07, 6.45) is 1.91. The number of rotatable bonds is 6. The number of hydrogen-bond donors (Lipinski definition) is 0. The molecule has 32 heavy (non-hydrogen) atoms. The van der Waals surface area contributed by atoms with Gasteiger partial charge < -0.3 is 0 Å². The van der Waals surface area contributed by atoms with Crippen molar-refractivity contribution in [1.82, 2.24) is 18.9 Å². The number of thiophene rings is 1. The van der Waals surface area contributed by atoms with Crippen LogP contribution < -0.4 is 11.1 Å². The Morgan fingerprint density at radius 3 is 2.72 bits per heavy atom. The van der Waals surface area contributed by atoms with E-state index in [-0.39, 0.29) is 11.1 Å². The van der Waals surface area contributed by atoms with Gasteiger partial charge >= 0.3 is 0 Å². The Balaban J connectivity index is 1.54. The molecule has 5 aromatic rings. The molecule has 0 aliphatic rings. The van der Waals surface area contributed by atoms with Crippen LogP contribution in [0.15, 0.2) is 45.1 Å². The molecule has 164 valence electrons. The van der Waals surface area contributed by atoms with E-state index in [9.17, 15) is 9.59 Å². The van der Waals surface area contributed by atoms with E-state index in [1.165, 1.54) is 23.1 Å². The van der Waals surface area contributed by atoms with Crippen molar-refractivity contribution in [3.8, 4) is 0 Å². The Morgan fingerprint density at radius 1 is 1.09 bits per heavy atom. The lowest BCUT2D eigenvalue weighted by molar-refractivity contribution is 0.558. The van der Waals surface area contributed by atoms with Crippen LogP contribution in [-0.4, -0.2) is 18.9 Å². The molecule has 0 aliphatic carbocycles. The molecule has 0 aliphatic heterocycles. The van der Waals surface area contributed by atoms with Gasteiger partial charge in [0.1, 0.15) is 4.83 Å². The van der Waals surface area contributed by atoms with Crippen LogP contribution in [0.4, 0.5) is 0 Å². The summed E-state index contributed by atoms with van der Waals surface area (Å²) in [5.74, 6) is 0.480. The Labute approximate surface area is 196 Å². The largest absolute Gasteiger partial charge is 0.287 e. The molecule has 9 heteroatoms. The quantitative estimate of drug-likeness (QED) is 0.240. The predicted octanol–water partition coefficient (Wildman–Crippen LogP) is 5.39. The van der Waals surface area contributed by atoms with Gasteiger partial charge in [0.15, 0.2) is 10.1 Å². The first-order valence-corrected chi connectivity index (χ1v) is 13.1. The Kier molecular flexibility index (Phi) is 5.65. The van der Waals surface area contributed by atoms with Crippen LogP contribution in [0.1, 0.15) is 35.9 Å². The molecule has 6 nitrogen and oxygen atoms in total. The van der Waals surface area contributed by atoms with E-state index < -0.39 is 0 Å². The van der Waals surface area contributed by atoms with Crippen molar-refractivity contribution in [1.29, 1.82) is 0 Å². The highest BCUT2D eigenvalue weighted by atomic mass is 32.2. The van der Waals surface area contributed by atoms with Crippen molar-refractivity contribution in [2.75, 3.05) is 0 Å². The lowest BCUT2D eigenvalue weighted by Gasteiger charge is -2.11. The molecule has 0 bridgehead atoms. The zero-order valence-electron chi connectivity index (χ0n) is 18.0. The molecule has 1 aromatic carbocycles. The van der Waals surface area contributed by atoms with Crippen LogP contribution in [0.3, 0.4) is 0 Å². The topological polar surface area (TPSA) is 69.3 Å². The molecule has 4 aromatic heterocycles. The summed E-state index contributed by atoms with van der Waals surface area (Å²) in [7, 11) is 0. The first kappa shape index (κ1) is 21.4. The monoisotopic (exact) mass is 482 g/mol. The maximum absolute atomic E-state index is 13.3. The highest BCUT2D eigenvalue weighted by Crippen LogP contribution is 2.30. The van der Waals surface area contributed by atoms with E-state index in [4.69, 9.17) is 9.97 Å². The molecule has 0 fully saturated rings. The lowest BCUT2D eigenvalue weighted by atomic mass is 10.2. The summed E-state index contributed by atoms with van der Waals surface area (Å²) in [5.41, 5.74) is 2.55. The van der Waals surface area contributed by atoms with Gasteiger partial charge in [0, 0.05) is 23.2 Å². The lowest BCUT2D eigenvalue weighted by Crippen LogP contribution is -2.23. The molecular formula is C23H22N4O2S3. The molecule has 0 spiro atoms. The van der Waals surface area contributed by atoms with Gasteiger partial charge in [0.25, 0.3) is 11.1 Å². The number of thioether (sulfide) groups is 1. The fourth-order valence-corrected chi connectivity index (χ4v) is 6.81. The second kappa shape index (κ2) is 8.46. The van der Waals surface area contributed by atoms with Gasteiger partial charge in [-0.25, -0.2) is 9.97 Å². The zero-order chi connectivity index (χ0) is 22.4. The number of fused-ring (bicyclic) bond motifs is 4. The van der Waals surface area contributed by atoms with Gasteiger partial charge in [0.2, 0.25) is 0 Å². The van der Waals surface area contributed by atoms with Crippen molar-refractivity contribution in [2.45, 2.75) is 51.1 Å². The van der Waals surface area contributed by atoms with E-state index in [2.05, 4.69) is 6.92 Å². The fraction of sp³-hybridized carbons (Fsp3) is 0.304. The van der Waals surface area contributed by atoms with Crippen LogP contribution in [0, 0.1) is 13.8 Å². The van der Waals surface area contributed by atoms with Crippen molar-refractivity contribution in [3.05, 3.63) is 67.2 Å². The minimum atomic E-state index is -0.0839. The van der Waals surface area contributed by atoms with Crippen LogP contribution >= 0.6 is 34.4 Å². The van der Waals surface area contributed by atoms with Crippen molar-refractivity contribution in [2.24, 2.45) is 0 Å². The van der Waals surface area contributed by atoms with Crippen LogP contribution in [0.5, 0.6) is 0 Å². The number of nitrogens with zero attached hydrogens (tertiary/aromatic N) is 4. The van der Waals surface area contributed by atoms with Crippen LogP contribution in [-0.2, 0) is 12.3 Å². The molecule has 0 atom stereocenters. The standard InChI is InChI=1S/C23H22N4O2S3/c1-4-5-10-26-21(29)19-13(2)14(3)31-20(19)25-22(26)30-12-15-11-18(28)27-16-8-6-7-9-17(16)32-23(27)24-15/h6-9,11H,4-5,10,12H2,1-3H3. The molecule has 0 amide bonds. The number of thiazole rings is 1. The molecule has 0 saturated heterocycles. The molecule has 0 unspecified atom stereocenters. The van der Waals surface area contributed by atoms with Crippen LogP contribution in [0.25, 0.3) is 25.4 Å². The third-order valence-electron chi connectivity index (χ3n) is 5.59. The summed E-state index contributed by atoms with van der Waals surface area (Å²) in [5, 5.41) is 1.42. The molecular weight excluding hydrogens is 460 g/mol. The first-order chi connectivity index (χ1) is 15.5. The average Bonchev–Trinajstić information content (AvgIpc) is 3.28. The number of benzene rings is 1. The molecule has 5 rings (SSSR count). The van der Waals surface area contributed by atoms with E-state index >= 15 is 0 Å².